The van der Waals surface area contributed by atoms with Crippen LogP contribution in [0.25, 0.3) is 0 Å². The van der Waals surface area contributed by atoms with Gasteiger partial charge in [-0.2, -0.15) is 8.78 Å². The van der Waals surface area contributed by atoms with E-state index in [0.29, 0.717) is 0 Å². The zero-order valence-electron chi connectivity index (χ0n) is 7.54. The first kappa shape index (κ1) is 11.9. The Labute approximate surface area is 89.8 Å². The Morgan fingerprint density at radius 3 is 2.67 bits per heavy atom. The Bertz CT molecular complexity index is 371. The molecule has 0 fully saturated rings. The number of hydrogen-bond acceptors (Lipinski definition) is 3. The van der Waals surface area contributed by atoms with Gasteiger partial charge in [0.25, 0.3) is 0 Å². The number of hydrogen-bond donors (Lipinski definition) is 1. The fraction of sp³-hybridized carbons (Fsp3) is 0.222. The van der Waals surface area contributed by atoms with Crippen molar-refractivity contribution in [3.8, 4) is 5.75 Å². The SMILES string of the molecule is NCC(=O)c1ccc(OC(F)F)c(Cl)c1. The van der Waals surface area contributed by atoms with Crippen molar-refractivity contribution in [2.45, 2.75) is 6.61 Å². The highest BCUT2D eigenvalue weighted by molar-refractivity contribution is 6.32. The van der Waals surface area contributed by atoms with Crippen molar-refractivity contribution in [2.24, 2.45) is 5.73 Å². The van der Waals surface area contributed by atoms with Gasteiger partial charge in [-0.15, -0.1) is 0 Å². The van der Waals surface area contributed by atoms with E-state index < -0.39 is 6.61 Å². The molecule has 0 radical (unpaired) electrons. The second kappa shape index (κ2) is 5.04. The van der Waals surface area contributed by atoms with Crippen LogP contribution in [0.1, 0.15) is 10.4 Å². The zero-order valence-corrected chi connectivity index (χ0v) is 8.30. The molecule has 3 nitrogen and oxygen atoms in total. The summed E-state index contributed by atoms with van der Waals surface area (Å²) in [6, 6.07) is 3.78. The van der Waals surface area contributed by atoms with Crippen molar-refractivity contribution >= 4 is 17.4 Å². The van der Waals surface area contributed by atoms with E-state index in [1.165, 1.54) is 18.2 Å². The van der Waals surface area contributed by atoms with Crippen LogP contribution in [-0.2, 0) is 0 Å². The summed E-state index contributed by atoms with van der Waals surface area (Å²) in [5, 5.41) is -0.0467. The Morgan fingerprint density at radius 2 is 2.20 bits per heavy atom. The van der Waals surface area contributed by atoms with Gasteiger partial charge < -0.3 is 10.5 Å². The van der Waals surface area contributed by atoms with Crippen LogP contribution in [0.3, 0.4) is 0 Å². The molecule has 0 aliphatic rings. The highest BCUT2D eigenvalue weighted by Crippen LogP contribution is 2.26. The van der Waals surface area contributed by atoms with Gasteiger partial charge in [0.1, 0.15) is 5.75 Å². The predicted octanol–water partition coefficient (Wildman–Crippen LogP) is 2.08. The van der Waals surface area contributed by atoms with Crippen LogP contribution in [0.4, 0.5) is 8.78 Å². The lowest BCUT2D eigenvalue weighted by atomic mass is 10.1. The Balaban J connectivity index is 2.93. The van der Waals surface area contributed by atoms with Crippen LogP contribution >= 0.6 is 11.6 Å². The van der Waals surface area contributed by atoms with Crippen LogP contribution in [0.2, 0.25) is 5.02 Å². The molecule has 0 aliphatic carbocycles. The summed E-state index contributed by atoms with van der Waals surface area (Å²) >= 11 is 5.62. The van der Waals surface area contributed by atoms with Gasteiger partial charge in [-0.25, -0.2) is 0 Å². The molecular formula is C9H8ClF2NO2. The van der Waals surface area contributed by atoms with Crippen LogP contribution in [-0.4, -0.2) is 18.9 Å². The quantitative estimate of drug-likeness (QED) is 0.813. The van der Waals surface area contributed by atoms with E-state index in [-0.39, 0.29) is 28.7 Å². The van der Waals surface area contributed by atoms with E-state index in [0.717, 1.165) is 0 Å². The molecule has 0 saturated heterocycles. The highest BCUT2D eigenvalue weighted by atomic mass is 35.5. The van der Waals surface area contributed by atoms with Crippen molar-refractivity contribution < 1.29 is 18.3 Å². The van der Waals surface area contributed by atoms with Crippen molar-refractivity contribution in [3.05, 3.63) is 28.8 Å². The third-order valence-electron chi connectivity index (χ3n) is 1.66. The Morgan fingerprint density at radius 1 is 1.53 bits per heavy atom. The molecule has 0 aliphatic heterocycles. The number of halogens is 3. The third-order valence-corrected chi connectivity index (χ3v) is 1.95. The molecule has 0 bridgehead atoms. The zero-order chi connectivity index (χ0) is 11.4. The van der Waals surface area contributed by atoms with Crippen molar-refractivity contribution in [1.29, 1.82) is 0 Å². The Hall–Kier alpha value is -1.20. The first-order valence-electron chi connectivity index (χ1n) is 4.02. The van der Waals surface area contributed by atoms with Gasteiger partial charge in [0.05, 0.1) is 11.6 Å². The van der Waals surface area contributed by atoms with Crippen LogP contribution in [0.5, 0.6) is 5.75 Å². The fourth-order valence-corrected chi connectivity index (χ4v) is 1.21. The molecule has 15 heavy (non-hydrogen) atoms. The predicted molar refractivity (Wildman–Crippen MR) is 51.5 cm³/mol. The number of nitrogens with two attached hydrogens (primary N) is 1. The number of ether oxygens (including phenoxy) is 1. The minimum absolute atomic E-state index is 0.0467. The van der Waals surface area contributed by atoms with Crippen molar-refractivity contribution in [3.63, 3.8) is 0 Å². The summed E-state index contributed by atoms with van der Waals surface area (Å²) in [5.41, 5.74) is 5.40. The minimum atomic E-state index is -2.95. The van der Waals surface area contributed by atoms with Crippen LogP contribution in [0, 0.1) is 0 Å². The average Bonchev–Trinajstić information content (AvgIpc) is 2.19. The summed E-state index contributed by atoms with van der Waals surface area (Å²) in [6.45, 7) is -3.11. The first-order chi connectivity index (χ1) is 7.04. The second-order valence-corrected chi connectivity index (χ2v) is 3.06. The maximum Gasteiger partial charge on any atom is 0.387 e. The molecule has 0 heterocycles. The summed E-state index contributed by atoms with van der Waals surface area (Å²) in [5.74, 6) is -0.485. The first-order valence-corrected chi connectivity index (χ1v) is 4.40. The largest absolute Gasteiger partial charge is 0.433 e. The van der Waals surface area contributed by atoms with Crippen molar-refractivity contribution in [1.82, 2.24) is 0 Å². The molecule has 2 N–H and O–H groups in total. The number of carbonyl (C=O) groups is 1. The van der Waals surface area contributed by atoms with E-state index >= 15 is 0 Å². The number of alkyl halides is 2. The highest BCUT2D eigenvalue weighted by Gasteiger charge is 2.11. The van der Waals surface area contributed by atoms with E-state index in [1.807, 2.05) is 0 Å². The summed E-state index contributed by atoms with van der Waals surface area (Å²) in [7, 11) is 0. The molecule has 1 rings (SSSR count). The molecule has 6 heteroatoms. The minimum Gasteiger partial charge on any atom is -0.433 e. The molecule has 0 unspecified atom stereocenters. The van der Waals surface area contributed by atoms with E-state index in [2.05, 4.69) is 4.74 Å². The fourth-order valence-electron chi connectivity index (χ4n) is 0.984. The smallest absolute Gasteiger partial charge is 0.387 e. The molecule has 0 aromatic heterocycles. The molecule has 0 saturated carbocycles. The number of benzene rings is 1. The van der Waals surface area contributed by atoms with E-state index in [1.54, 1.807) is 0 Å². The summed E-state index contributed by atoms with van der Waals surface area (Å²) < 4.78 is 27.8. The number of rotatable bonds is 4. The lowest BCUT2D eigenvalue weighted by Crippen LogP contribution is -2.13. The maximum atomic E-state index is 11.9. The lowest BCUT2D eigenvalue weighted by molar-refractivity contribution is -0.0497. The molecule has 1 aromatic carbocycles. The number of Topliss-reactive ketones (excluding diaryl/α,β-unsaturated/α-hetero) is 1. The lowest BCUT2D eigenvalue weighted by Gasteiger charge is -2.07. The standard InChI is InChI=1S/C9H8ClF2NO2/c10-6-3-5(7(14)4-13)1-2-8(6)15-9(11)12/h1-3,9H,4,13H2. The average molecular weight is 236 g/mol. The van der Waals surface area contributed by atoms with E-state index in [9.17, 15) is 13.6 Å². The third kappa shape index (κ3) is 3.14. The molecule has 0 amide bonds. The maximum absolute atomic E-state index is 11.9. The summed E-state index contributed by atoms with van der Waals surface area (Å²) in [4.78, 5) is 11.1. The molecule has 82 valence electrons. The molecule has 1 aromatic rings. The topological polar surface area (TPSA) is 52.3 Å². The van der Waals surface area contributed by atoms with E-state index in [4.69, 9.17) is 17.3 Å². The second-order valence-electron chi connectivity index (χ2n) is 2.65. The normalized spacial score (nSPS) is 10.5. The van der Waals surface area contributed by atoms with Gasteiger partial charge in [0, 0.05) is 5.56 Å². The van der Waals surface area contributed by atoms with Crippen LogP contribution < -0.4 is 10.5 Å². The van der Waals surface area contributed by atoms with Gasteiger partial charge in [0.2, 0.25) is 0 Å². The molecule has 0 atom stereocenters. The summed E-state index contributed by atoms with van der Waals surface area (Å²) in [6.07, 6.45) is 0. The van der Waals surface area contributed by atoms with Gasteiger partial charge in [-0.05, 0) is 18.2 Å². The van der Waals surface area contributed by atoms with Gasteiger partial charge in [-0.1, -0.05) is 11.6 Å². The van der Waals surface area contributed by atoms with Gasteiger partial charge in [-0.3, -0.25) is 4.79 Å². The molecule has 0 spiro atoms. The van der Waals surface area contributed by atoms with Crippen molar-refractivity contribution in [2.75, 3.05) is 6.54 Å². The van der Waals surface area contributed by atoms with Gasteiger partial charge in [0.15, 0.2) is 5.78 Å². The van der Waals surface area contributed by atoms with Crippen LogP contribution in [0.15, 0.2) is 18.2 Å². The molecular weight excluding hydrogens is 228 g/mol. The number of ketones is 1. The Kier molecular flexibility index (Phi) is 3.99. The van der Waals surface area contributed by atoms with Gasteiger partial charge >= 0.3 is 6.61 Å². The monoisotopic (exact) mass is 235 g/mol. The number of carbonyl (C=O) groups excluding carboxylic acids is 1.